The van der Waals surface area contributed by atoms with Crippen LogP contribution < -0.4 is 10.1 Å². The van der Waals surface area contributed by atoms with Crippen molar-refractivity contribution in [3.05, 3.63) is 22.8 Å². The maximum atomic E-state index is 6.15. The van der Waals surface area contributed by atoms with Gasteiger partial charge < -0.3 is 14.8 Å². The highest BCUT2D eigenvalue weighted by atomic mass is 35.5. The molecule has 1 heterocycles. The number of rotatable bonds is 9. The van der Waals surface area contributed by atoms with Crippen LogP contribution in [0.2, 0.25) is 5.02 Å². The second-order valence-corrected chi connectivity index (χ2v) is 5.60. The third-order valence-electron chi connectivity index (χ3n) is 2.62. The van der Waals surface area contributed by atoms with Crippen LogP contribution in [0.3, 0.4) is 0 Å². The molecule has 0 radical (unpaired) electrons. The molecule has 114 valence electrons. The normalized spacial score (nSPS) is 12.7. The minimum atomic E-state index is -0.0277. The summed E-state index contributed by atoms with van der Waals surface area (Å²) in [5.41, 5.74) is 0.813. The van der Waals surface area contributed by atoms with E-state index in [1.165, 1.54) is 0 Å². The van der Waals surface area contributed by atoms with Gasteiger partial charge >= 0.3 is 0 Å². The van der Waals surface area contributed by atoms with E-state index in [0.29, 0.717) is 36.6 Å². The topological polar surface area (TPSA) is 43.4 Å². The van der Waals surface area contributed by atoms with Gasteiger partial charge in [0.15, 0.2) is 0 Å². The van der Waals surface area contributed by atoms with Crippen LogP contribution in [0.25, 0.3) is 0 Å². The van der Waals surface area contributed by atoms with Gasteiger partial charge in [-0.3, -0.25) is 0 Å². The van der Waals surface area contributed by atoms with Crippen molar-refractivity contribution < 1.29 is 9.47 Å². The molecule has 0 aliphatic rings. The highest BCUT2D eigenvalue weighted by Gasteiger charge is 2.08. The Hall–Kier alpha value is -0.840. The molecule has 1 aromatic heterocycles. The summed E-state index contributed by atoms with van der Waals surface area (Å²) in [5.74, 6) is 1.18. The molecule has 0 spiro atoms. The number of aromatic nitrogens is 1. The molecule has 1 rings (SSSR count). The Bertz CT molecular complexity index is 399. The molecule has 5 heteroatoms. The summed E-state index contributed by atoms with van der Waals surface area (Å²) >= 11 is 6.15. The monoisotopic (exact) mass is 300 g/mol. The van der Waals surface area contributed by atoms with Crippen LogP contribution in [0.15, 0.2) is 12.1 Å². The molecule has 0 amide bonds. The van der Waals surface area contributed by atoms with E-state index in [1.807, 2.05) is 19.9 Å². The van der Waals surface area contributed by atoms with E-state index in [1.54, 1.807) is 6.07 Å². The zero-order valence-electron chi connectivity index (χ0n) is 12.8. The van der Waals surface area contributed by atoms with Gasteiger partial charge in [-0.2, -0.15) is 0 Å². The first-order valence-electron chi connectivity index (χ1n) is 7.13. The molecule has 0 saturated heterocycles. The zero-order chi connectivity index (χ0) is 15.0. The van der Waals surface area contributed by atoms with Gasteiger partial charge in [-0.05, 0) is 32.4 Å². The van der Waals surface area contributed by atoms with E-state index in [9.17, 15) is 0 Å². The average Bonchev–Trinajstić information content (AvgIpc) is 2.39. The van der Waals surface area contributed by atoms with Crippen LogP contribution in [-0.4, -0.2) is 30.8 Å². The van der Waals surface area contributed by atoms with Crippen molar-refractivity contribution in [1.29, 1.82) is 0 Å². The van der Waals surface area contributed by atoms with Gasteiger partial charge in [-0.1, -0.05) is 25.4 Å². The van der Waals surface area contributed by atoms with Crippen LogP contribution in [0, 0.1) is 5.92 Å². The lowest BCUT2D eigenvalue weighted by atomic mass is 10.2. The Morgan fingerprint density at radius 2 is 2.05 bits per heavy atom. The largest absolute Gasteiger partial charge is 0.472 e. The third-order valence-corrected chi connectivity index (χ3v) is 2.96. The predicted octanol–water partition coefficient (Wildman–Crippen LogP) is 3.28. The lowest BCUT2D eigenvalue weighted by Gasteiger charge is -2.15. The van der Waals surface area contributed by atoms with Gasteiger partial charge in [0.05, 0.1) is 17.3 Å². The minimum absolute atomic E-state index is 0.0277. The number of hydrogen-bond donors (Lipinski definition) is 1. The third kappa shape index (κ3) is 6.55. The molecule has 0 bridgehead atoms. The fourth-order valence-electron chi connectivity index (χ4n) is 1.66. The number of hydrogen-bond acceptors (Lipinski definition) is 4. The molecule has 1 atom stereocenters. The molecule has 1 N–H and O–H groups in total. The number of nitrogens with one attached hydrogen (secondary N) is 1. The van der Waals surface area contributed by atoms with Crippen molar-refractivity contribution in [2.75, 3.05) is 19.8 Å². The van der Waals surface area contributed by atoms with E-state index in [4.69, 9.17) is 21.1 Å². The molecule has 0 aromatic carbocycles. The molecule has 1 unspecified atom stereocenters. The van der Waals surface area contributed by atoms with Crippen molar-refractivity contribution >= 4 is 11.6 Å². The van der Waals surface area contributed by atoms with Crippen LogP contribution in [0.4, 0.5) is 0 Å². The Morgan fingerprint density at radius 3 is 2.70 bits per heavy atom. The van der Waals surface area contributed by atoms with Gasteiger partial charge in [0.1, 0.15) is 6.10 Å². The molecule has 1 aromatic rings. The van der Waals surface area contributed by atoms with Crippen molar-refractivity contribution in [2.24, 2.45) is 5.92 Å². The summed E-state index contributed by atoms with van der Waals surface area (Å²) in [6.07, 6.45) is -0.0277. The van der Waals surface area contributed by atoms with Crippen LogP contribution in [0.1, 0.15) is 33.4 Å². The maximum Gasteiger partial charge on any atom is 0.213 e. The summed E-state index contributed by atoms with van der Waals surface area (Å²) < 4.78 is 11.0. The molecular formula is C15H25ClN2O2. The highest BCUT2D eigenvalue weighted by Crippen LogP contribution is 2.19. The van der Waals surface area contributed by atoms with E-state index in [2.05, 4.69) is 24.1 Å². The van der Waals surface area contributed by atoms with E-state index < -0.39 is 0 Å². The number of pyridine rings is 1. The molecule has 0 aliphatic carbocycles. The van der Waals surface area contributed by atoms with Gasteiger partial charge in [-0.25, -0.2) is 4.98 Å². The van der Waals surface area contributed by atoms with Crippen LogP contribution in [-0.2, 0) is 11.3 Å². The van der Waals surface area contributed by atoms with E-state index in [0.717, 1.165) is 12.2 Å². The van der Waals surface area contributed by atoms with Gasteiger partial charge in [0, 0.05) is 19.2 Å². The van der Waals surface area contributed by atoms with Crippen LogP contribution >= 0.6 is 11.6 Å². The minimum Gasteiger partial charge on any atom is -0.472 e. The predicted molar refractivity (Wildman–Crippen MR) is 82.4 cm³/mol. The molecule has 20 heavy (non-hydrogen) atoms. The second-order valence-electron chi connectivity index (χ2n) is 5.19. The summed E-state index contributed by atoms with van der Waals surface area (Å²) in [4.78, 5) is 4.44. The Morgan fingerprint density at radius 1 is 1.30 bits per heavy atom. The number of ether oxygens (including phenoxy) is 2. The molecule has 0 aliphatic heterocycles. The first-order valence-corrected chi connectivity index (χ1v) is 7.51. The van der Waals surface area contributed by atoms with Gasteiger partial charge in [0.25, 0.3) is 0 Å². The lowest BCUT2D eigenvalue weighted by molar-refractivity contribution is 0.0632. The standard InChI is InChI=1S/C15H25ClN2O2/c1-5-19-10-12(4)20-15-7-6-13(16)14(18-15)9-17-8-11(2)3/h6-7,11-12,17H,5,8-10H2,1-4H3. The average molecular weight is 301 g/mol. The fourth-order valence-corrected chi connectivity index (χ4v) is 1.83. The molecular weight excluding hydrogens is 276 g/mol. The smallest absolute Gasteiger partial charge is 0.213 e. The first-order chi connectivity index (χ1) is 9.52. The lowest BCUT2D eigenvalue weighted by Crippen LogP contribution is -2.21. The zero-order valence-corrected chi connectivity index (χ0v) is 13.5. The Balaban J connectivity index is 2.56. The van der Waals surface area contributed by atoms with E-state index >= 15 is 0 Å². The molecule has 0 saturated carbocycles. The van der Waals surface area contributed by atoms with Crippen molar-refractivity contribution in [3.63, 3.8) is 0 Å². The molecule has 4 nitrogen and oxygen atoms in total. The highest BCUT2D eigenvalue weighted by molar-refractivity contribution is 6.31. The summed E-state index contributed by atoms with van der Waals surface area (Å²) in [5, 5.41) is 3.99. The quantitative estimate of drug-likeness (QED) is 0.760. The SMILES string of the molecule is CCOCC(C)Oc1ccc(Cl)c(CNCC(C)C)n1. The summed E-state index contributed by atoms with van der Waals surface area (Å²) in [6, 6.07) is 3.61. The van der Waals surface area contributed by atoms with Gasteiger partial charge in [-0.15, -0.1) is 0 Å². The second kappa shape index (κ2) is 9.16. The number of halogens is 1. The number of nitrogens with zero attached hydrogens (tertiary/aromatic N) is 1. The van der Waals surface area contributed by atoms with E-state index in [-0.39, 0.29) is 6.10 Å². The van der Waals surface area contributed by atoms with Crippen LogP contribution in [0.5, 0.6) is 5.88 Å². The Kier molecular flexibility index (Phi) is 7.88. The maximum absolute atomic E-state index is 6.15. The summed E-state index contributed by atoms with van der Waals surface area (Å²) in [7, 11) is 0. The van der Waals surface area contributed by atoms with Gasteiger partial charge in [0.2, 0.25) is 5.88 Å². The Labute approximate surface area is 126 Å². The molecule has 0 fully saturated rings. The first kappa shape index (κ1) is 17.2. The fraction of sp³-hybridized carbons (Fsp3) is 0.667. The van der Waals surface area contributed by atoms with Crippen molar-refractivity contribution in [2.45, 2.75) is 40.3 Å². The van der Waals surface area contributed by atoms with Crippen molar-refractivity contribution in [1.82, 2.24) is 10.3 Å². The van der Waals surface area contributed by atoms with Crippen molar-refractivity contribution in [3.8, 4) is 5.88 Å². The summed E-state index contributed by atoms with van der Waals surface area (Å²) in [6.45, 7) is 11.1.